The quantitative estimate of drug-likeness (QED) is 0.868. The number of hydrogen-bond donors (Lipinski definition) is 2. The number of nitrogens with one attached hydrogen (secondary N) is 1. The van der Waals surface area contributed by atoms with Crippen LogP contribution in [0.5, 0.6) is 0 Å². The maximum Gasteiger partial charge on any atom is 0.0994 e. The summed E-state index contributed by atoms with van der Waals surface area (Å²) in [5, 5.41) is 14.4. The van der Waals surface area contributed by atoms with Crippen LogP contribution in [0.2, 0.25) is 0 Å². The van der Waals surface area contributed by atoms with Crippen molar-refractivity contribution in [2.45, 2.75) is 43.9 Å². The summed E-state index contributed by atoms with van der Waals surface area (Å²) in [5.41, 5.74) is 0.252. The summed E-state index contributed by atoms with van der Waals surface area (Å²) in [7, 11) is 0. The highest BCUT2D eigenvalue weighted by atomic mass is 16.3. The molecule has 0 aromatic heterocycles. The SMILES string of the molecule is CC(O)(CN1CCC2CCC(C1)N2)c1ccccc1. The van der Waals surface area contributed by atoms with Gasteiger partial charge in [-0.25, -0.2) is 0 Å². The molecule has 2 aliphatic rings. The maximum absolute atomic E-state index is 10.7. The number of likely N-dealkylation sites (tertiary alicyclic amines) is 1. The molecule has 3 heteroatoms. The van der Waals surface area contributed by atoms with Gasteiger partial charge in [-0.2, -0.15) is 0 Å². The Morgan fingerprint density at radius 3 is 2.74 bits per heavy atom. The third-order valence-electron chi connectivity index (χ3n) is 4.53. The van der Waals surface area contributed by atoms with Crippen LogP contribution in [0, 0.1) is 0 Å². The summed E-state index contributed by atoms with van der Waals surface area (Å²) in [6.07, 6.45) is 3.82. The van der Waals surface area contributed by atoms with E-state index in [2.05, 4.69) is 10.2 Å². The van der Waals surface area contributed by atoms with Crippen molar-refractivity contribution in [2.24, 2.45) is 0 Å². The molecule has 3 unspecified atom stereocenters. The summed E-state index contributed by atoms with van der Waals surface area (Å²) in [6, 6.07) is 11.3. The van der Waals surface area contributed by atoms with Gasteiger partial charge >= 0.3 is 0 Å². The number of nitrogens with zero attached hydrogens (tertiary/aromatic N) is 1. The second kappa shape index (κ2) is 5.23. The first-order valence-electron chi connectivity index (χ1n) is 7.40. The fourth-order valence-electron chi connectivity index (χ4n) is 3.48. The molecule has 2 N–H and O–H groups in total. The van der Waals surface area contributed by atoms with Crippen molar-refractivity contribution in [2.75, 3.05) is 19.6 Å². The molecule has 3 atom stereocenters. The number of fused-ring (bicyclic) bond motifs is 2. The molecule has 2 heterocycles. The van der Waals surface area contributed by atoms with E-state index in [1.807, 2.05) is 37.3 Å². The molecule has 0 amide bonds. The summed E-state index contributed by atoms with van der Waals surface area (Å²) in [5.74, 6) is 0. The predicted octanol–water partition coefficient (Wildman–Crippen LogP) is 1.72. The molecular weight excluding hydrogens is 236 g/mol. The zero-order valence-electron chi connectivity index (χ0n) is 11.7. The first-order chi connectivity index (χ1) is 9.13. The van der Waals surface area contributed by atoms with E-state index in [1.54, 1.807) is 0 Å². The second-order valence-corrected chi connectivity index (χ2v) is 6.30. The van der Waals surface area contributed by atoms with Gasteiger partial charge in [-0.3, -0.25) is 4.90 Å². The van der Waals surface area contributed by atoms with Crippen LogP contribution >= 0.6 is 0 Å². The largest absolute Gasteiger partial charge is 0.384 e. The standard InChI is InChI=1S/C16H24N2O/c1-16(19,13-5-3-2-4-6-13)12-18-10-9-14-7-8-15(11-18)17-14/h2-6,14-15,17,19H,7-12H2,1H3. The number of benzene rings is 1. The summed E-state index contributed by atoms with van der Waals surface area (Å²) in [4.78, 5) is 2.42. The van der Waals surface area contributed by atoms with Gasteiger partial charge < -0.3 is 10.4 Å². The van der Waals surface area contributed by atoms with Crippen LogP contribution in [-0.2, 0) is 5.60 Å². The van der Waals surface area contributed by atoms with Crippen LogP contribution in [0.15, 0.2) is 30.3 Å². The molecular formula is C16H24N2O. The minimum absolute atomic E-state index is 0.624. The lowest BCUT2D eigenvalue weighted by atomic mass is 9.95. The van der Waals surface area contributed by atoms with Crippen molar-refractivity contribution in [1.29, 1.82) is 0 Å². The van der Waals surface area contributed by atoms with E-state index in [-0.39, 0.29) is 0 Å². The Balaban J connectivity index is 1.67. The number of hydrogen-bond acceptors (Lipinski definition) is 3. The van der Waals surface area contributed by atoms with E-state index >= 15 is 0 Å². The lowest BCUT2D eigenvalue weighted by Crippen LogP contribution is -2.43. The molecule has 0 aliphatic carbocycles. The van der Waals surface area contributed by atoms with E-state index in [4.69, 9.17) is 0 Å². The average molecular weight is 260 g/mol. The summed E-state index contributed by atoms with van der Waals surface area (Å²) < 4.78 is 0. The molecule has 3 rings (SSSR count). The van der Waals surface area contributed by atoms with Gasteiger partial charge in [0, 0.05) is 25.2 Å². The molecule has 104 valence electrons. The monoisotopic (exact) mass is 260 g/mol. The zero-order valence-corrected chi connectivity index (χ0v) is 11.7. The Bertz CT molecular complexity index is 418. The maximum atomic E-state index is 10.7. The molecule has 2 fully saturated rings. The van der Waals surface area contributed by atoms with Crippen molar-refractivity contribution in [3.05, 3.63) is 35.9 Å². The van der Waals surface area contributed by atoms with Gasteiger partial charge in [0.15, 0.2) is 0 Å². The van der Waals surface area contributed by atoms with Crippen LogP contribution in [0.3, 0.4) is 0 Å². The fraction of sp³-hybridized carbons (Fsp3) is 0.625. The molecule has 1 aromatic carbocycles. The Morgan fingerprint density at radius 2 is 1.95 bits per heavy atom. The van der Waals surface area contributed by atoms with Crippen molar-refractivity contribution in [3.8, 4) is 0 Å². The highest BCUT2D eigenvalue weighted by Crippen LogP contribution is 2.25. The van der Waals surface area contributed by atoms with E-state index in [0.717, 1.165) is 25.2 Å². The number of rotatable bonds is 3. The second-order valence-electron chi connectivity index (χ2n) is 6.30. The van der Waals surface area contributed by atoms with Crippen LogP contribution in [-0.4, -0.2) is 41.7 Å². The van der Waals surface area contributed by atoms with Gasteiger partial charge in [-0.1, -0.05) is 30.3 Å². The van der Waals surface area contributed by atoms with Gasteiger partial charge in [0.05, 0.1) is 5.60 Å². The summed E-state index contributed by atoms with van der Waals surface area (Å²) in [6.45, 7) is 4.82. The lowest BCUT2D eigenvalue weighted by molar-refractivity contribution is 0.0146. The molecule has 0 saturated carbocycles. The molecule has 0 radical (unpaired) electrons. The number of aliphatic hydroxyl groups is 1. The molecule has 2 bridgehead atoms. The highest BCUT2D eigenvalue weighted by Gasteiger charge is 2.33. The fourth-order valence-corrected chi connectivity index (χ4v) is 3.48. The zero-order chi connectivity index (χ0) is 13.3. The summed E-state index contributed by atoms with van der Waals surface area (Å²) >= 11 is 0. The van der Waals surface area contributed by atoms with Gasteiger partial charge in [0.25, 0.3) is 0 Å². The van der Waals surface area contributed by atoms with Gasteiger partial charge in [0.2, 0.25) is 0 Å². The lowest BCUT2D eigenvalue weighted by Gasteiger charge is -2.32. The van der Waals surface area contributed by atoms with Crippen LogP contribution < -0.4 is 5.32 Å². The van der Waals surface area contributed by atoms with E-state index in [0.29, 0.717) is 12.1 Å². The van der Waals surface area contributed by atoms with Gasteiger partial charge in [-0.15, -0.1) is 0 Å². The van der Waals surface area contributed by atoms with E-state index < -0.39 is 5.60 Å². The van der Waals surface area contributed by atoms with E-state index in [1.165, 1.54) is 19.3 Å². The third-order valence-corrected chi connectivity index (χ3v) is 4.53. The van der Waals surface area contributed by atoms with Crippen molar-refractivity contribution in [1.82, 2.24) is 10.2 Å². The Labute approximate surface area is 115 Å². The topological polar surface area (TPSA) is 35.5 Å². The minimum Gasteiger partial charge on any atom is -0.384 e. The van der Waals surface area contributed by atoms with Crippen molar-refractivity contribution >= 4 is 0 Å². The first kappa shape index (κ1) is 13.1. The van der Waals surface area contributed by atoms with Crippen molar-refractivity contribution < 1.29 is 5.11 Å². The molecule has 19 heavy (non-hydrogen) atoms. The van der Waals surface area contributed by atoms with Crippen LogP contribution in [0.1, 0.15) is 31.7 Å². The highest BCUT2D eigenvalue weighted by molar-refractivity contribution is 5.21. The van der Waals surface area contributed by atoms with E-state index in [9.17, 15) is 5.11 Å². The molecule has 0 spiro atoms. The smallest absolute Gasteiger partial charge is 0.0994 e. The molecule has 1 aromatic rings. The van der Waals surface area contributed by atoms with Crippen molar-refractivity contribution in [3.63, 3.8) is 0 Å². The molecule has 2 saturated heterocycles. The van der Waals surface area contributed by atoms with Crippen LogP contribution in [0.25, 0.3) is 0 Å². The molecule has 3 nitrogen and oxygen atoms in total. The Kier molecular flexibility index (Phi) is 3.61. The Hall–Kier alpha value is -0.900. The van der Waals surface area contributed by atoms with Gasteiger partial charge in [0.1, 0.15) is 0 Å². The Morgan fingerprint density at radius 1 is 1.21 bits per heavy atom. The van der Waals surface area contributed by atoms with Gasteiger partial charge in [-0.05, 0) is 38.3 Å². The number of β-amino-alcohol motifs (C(OH)–C–C–N with tert-alkyl or cyclic N) is 1. The molecule has 2 aliphatic heterocycles. The third kappa shape index (κ3) is 2.99. The van der Waals surface area contributed by atoms with Crippen LogP contribution in [0.4, 0.5) is 0 Å². The normalized spacial score (nSPS) is 30.8. The minimum atomic E-state index is -0.759. The predicted molar refractivity (Wildman–Crippen MR) is 77.0 cm³/mol. The average Bonchev–Trinajstić information content (AvgIpc) is 2.74. The first-order valence-corrected chi connectivity index (χ1v) is 7.40.